The fourth-order valence-corrected chi connectivity index (χ4v) is 2.91. The molecule has 0 radical (unpaired) electrons. The van der Waals surface area contributed by atoms with Crippen LogP contribution in [0.5, 0.6) is 0 Å². The van der Waals surface area contributed by atoms with Gasteiger partial charge in [-0.1, -0.05) is 26.7 Å². The van der Waals surface area contributed by atoms with Crippen LogP contribution in [0.3, 0.4) is 0 Å². The third kappa shape index (κ3) is 3.09. The van der Waals surface area contributed by atoms with Gasteiger partial charge in [-0.2, -0.15) is 0 Å². The van der Waals surface area contributed by atoms with Crippen LogP contribution in [0, 0.1) is 5.41 Å². The van der Waals surface area contributed by atoms with E-state index in [1.165, 1.54) is 25.7 Å². The van der Waals surface area contributed by atoms with Crippen molar-refractivity contribution in [1.29, 1.82) is 0 Å². The molecule has 1 atom stereocenters. The van der Waals surface area contributed by atoms with Gasteiger partial charge in [0.25, 0.3) is 0 Å². The molecule has 1 aliphatic carbocycles. The van der Waals surface area contributed by atoms with Crippen molar-refractivity contribution in [2.75, 3.05) is 11.1 Å². The van der Waals surface area contributed by atoms with Crippen LogP contribution in [0.15, 0.2) is 18.2 Å². The predicted octanol–water partition coefficient (Wildman–Crippen LogP) is 3.85. The number of hydrogen-bond acceptors (Lipinski definition) is 3. The van der Waals surface area contributed by atoms with Gasteiger partial charge in [0.15, 0.2) is 5.78 Å². The van der Waals surface area contributed by atoms with E-state index >= 15 is 0 Å². The van der Waals surface area contributed by atoms with E-state index in [4.69, 9.17) is 5.73 Å². The van der Waals surface area contributed by atoms with Gasteiger partial charge in [-0.05, 0) is 43.4 Å². The maximum Gasteiger partial charge on any atom is 0.161 e. The summed E-state index contributed by atoms with van der Waals surface area (Å²) in [6.07, 6.45) is 5.02. The zero-order chi connectivity index (χ0) is 14.0. The van der Waals surface area contributed by atoms with Crippen molar-refractivity contribution >= 4 is 17.2 Å². The van der Waals surface area contributed by atoms with E-state index < -0.39 is 0 Å². The minimum absolute atomic E-state index is 0.0176. The summed E-state index contributed by atoms with van der Waals surface area (Å²) in [7, 11) is 0. The van der Waals surface area contributed by atoms with Crippen LogP contribution in [-0.2, 0) is 0 Å². The van der Waals surface area contributed by atoms with Crippen molar-refractivity contribution in [3.63, 3.8) is 0 Å². The Kier molecular flexibility index (Phi) is 3.83. The molecule has 1 fully saturated rings. The van der Waals surface area contributed by atoms with E-state index in [-0.39, 0.29) is 5.78 Å². The fourth-order valence-electron chi connectivity index (χ4n) is 2.91. The number of carbonyl (C=O) groups is 1. The minimum Gasteiger partial charge on any atom is -0.398 e. The van der Waals surface area contributed by atoms with Crippen LogP contribution in [0.4, 0.5) is 11.4 Å². The number of rotatable bonds is 3. The van der Waals surface area contributed by atoms with Crippen LogP contribution >= 0.6 is 0 Å². The van der Waals surface area contributed by atoms with Crippen LogP contribution in [0.2, 0.25) is 0 Å². The standard InChI is InChI=1S/C16H24N2O/c1-11(19)13-10-12(7-8-14(13)17)18-15-6-4-5-9-16(15,2)3/h7-8,10,15,18H,4-6,9,17H2,1-3H3. The minimum atomic E-state index is 0.0176. The SMILES string of the molecule is CC(=O)c1cc(NC2CCCCC2(C)C)ccc1N. The summed E-state index contributed by atoms with van der Waals surface area (Å²) >= 11 is 0. The van der Waals surface area contributed by atoms with Gasteiger partial charge in [-0.15, -0.1) is 0 Å². The van der Waals surface area contributed by atoms with Crippen LogP contribution in [0.25, 0.3) is 0 Å². The van der Waals surface area contributed by atoms with E-state index in [0.717, 1.165) is 5.69 Å². The summed E-state index contributed by atoms with van der Waals surface area (Å²) in [6.45, 7) is 6.18. The molecule has 1 unspecified atom stereocenters. The predicted molar refractivity (Wildman–Crippen MR) is 80.5 cm³/mol. The average Bonchev–Trinajstić information content (AvgIpc) is 2.33. The zero-order valence-electron chi connectivity index (χ0n) is 12.1. The highest BCUT2D eigenvalue weighted by Gasteiger charge is 2.32. The molecule has 0 heterocycles. The molecule has 3 N–H and O–H groups in total. The summed E-state index contributed by atoms with van der Waals surface area (Å²) in [6, 6.07) is 6.12. The zero-order valence-corrected chi connectivity index (χ0v) is 12.1. The molecule has 0 aromatic heterocycles. The molecule has 1 aromatic carbocycles. The van der Waals surface area contributed by atoms with Crippen molar-refractivity contribution in [3.8, 4) is 0 Å². The first-order valence-corrected chi connectivity index (χ1v) is 7.07. The van der Waals surface area contributed by atoms with Gasteiger partial charge in [-0.25, -0.2) is 0 Å². The van der Waals surface area contributed by atoms with Crippen LogP contribution in [0.1, 0.15) is 56.8 Å². The number of ketones is 1. The van der Waals surface area contributed by atoms with E-state index in [2.05, 4.69) is 19.2 Å². The third-order valence-electron chi connectivity index (χ3n) is 4.28. The molecule has 1 aliphatic rings. The van der Waals surface area contributed by atoms with Crippen molar-refractivity contribution in [2.45, 2.75) is 52.5 Å². The Morgan fingerprint density at radius 1 is 1.37 bits per heavy atom. The van der Waals surface area contributed by atoms with Crippen molar-refractivity contribution < 1.29 is 4.79 Å². The maximum absolute atomic E-state index is 11.5. The highest BCUT2D eigenvalue weighted by atomic mass is 16.1. The molecular weight excluding hydrogens is 236 g/mol. The largest absolute Gasteiger partial charge is 0.398 e. The van der Waals surface area contributed by atoms with E-state index in [1.807, 2.05) is 18.2 Å². The number of nitrogens with one attached hydrogen (secondary N) is 1. The van der Waals surface area contributed by atoms with Crippen molar-refractivity contribution in [2.24, 2.45) is 5.41 Å². The van der Waals surface area contributed by atoms with E-state index in [9.17, 15) is 4.79 Å². The van der Waals surface area contributed by atoms with Gasteiger partial charge in [0.05, 0.1) is 0 Å². The third-order valence-corrected chi connectivity index (χ3v) is 4.28. The Labute approximate surface area is 115 Å². The van der Waals surface area contributed by atoms with Crippen molar-refractivity contribution in [1.82, 2.24) is 0 Å². The average molecular weight is 260 g/mol. The molecular formula is C16H24N2O. The molecule has 1 aromatic rings. The van der Waals surface area contributed by atoms with E-state index in [0.29, 0.717) is 22.7 Å². The Hall–Kier alpha value is -1.51. The van der Waals surface area contributed by atoms with Crippen LogP contribution in [-0.4, -0.2) is 11.8 Å². The van der Waals surface area contributed by atoms with Gasteiger partial charge in [0.2, 0.25) is 0 Å². The number of nitrogens with two attached hydrogens (primary N) is 1. The molecule has 1 saturated carbocycles. The van der Waals surface area contributed by atoms with E-state index in [1.54, 1.807) is 6.92 Å². The molecule has 0 bridgehead atoms. The molecule has 3 heteroatoms. The molecule has 19 heavy (non-hydrogen) atoms. The Balaban J connectivity index is 2.19. The number of Topliss-reactive ketones (excluding diaryl/α,β-unsaturated/α-hetero) is 1. The second-order valence-corrected chi connectivity index (χ2v) is 6.29. The normalized spacial score (nSPS) is 21.9. The molecule has 2 rings (SSSR count). The Morgan fingerprint density at radius 3 is 2.74 bits per heavy atom. The highest BCUT2D eigenvalue weighted by Crippen LogP contribution is 2.37. The first kappa shape index (κ1) is 13.9. The van der Waals surface area contributed by atoms with Gasteiger partial charge < -0.3 is 11.1 Å². The lowest BCUT2D eigenvalue weighted by Crippen LogP contribution is -2.38. The maximum atomic E-state index is 11.5. The molecule has 0 aliphatic heterocycles. The number of benzene rings is 1. The molecule has 0 amide bonds. The van der Waals surface area contributed by atoms with Gasteiger partial charge in [0, 0.05) is 23.0 Å². The topological polar surface area (TPSA) is 55.1 Å². The number of nitrogen functional groups attached to an aromatic ring is 1. The quantitative estimate of drug-likeness (QED) is 0.641. The molecule has 104 valence electrons. The summed E-state index contributed by atoms with van der Waals surface area (Å²) in [5, 5.41) is 3.59. The Bertz CT molecular complexity index is 480. The van der Waals surface area contributed by atoms with Crippen LogP contribution < -0.4 is 11.1 Å². The molecule has 0 spiro atoms. The summed E-state index contributed by atoms with van der Waals surface area (Å²) in [4.78, 5) is 11.5. The first-order chi connectivity index (χ1) is 8.90. The van der Waals surface area contributed by atoms with Gasteiger partial charge in [-0.3, -0.25) is 4.79 Å². The highest BCUT2D eigenvalue weighted by molar-refractivity contribution is 6.00. The smallest absolute Gasteiger partial charge is 0.161 e. The second kappa shape index (κ2) is 5.24. The number of hydrogen-bond donors (Lipinski definition) is 2. The van der Waals surface area contributed by atoms with Gasteiger partial charge >= 0.3 is 0 Å². The lowest BCUT2D eigenvalue weighted by molar-refractivity contribution is 0.101. The molecule has 0 saturated heterocycles. The monoisotopic (exact) mass is 260 g/mol. The molecule has 3 nitrogen and oxygen atoms in total. The second-order valence-electron chi connectivity index (χ2n) is 6.29. The fraction of sp³-hybridized carbons (Fsp3) is 0.562. The summed E-state index contributed by atoms with van der Waals surface area (Å²) in [5.74, 6) is 0.0176. The van der Waals surface area contributed by atoms with Crippen molar-refractivity contribution in [3.05, 3.63) is 23.8 Å². The summed E-state index contributed by atoms with van der Waals surface area (Å²) in [5.41, 5.74) is 8.30. The summed E-state index contributed by atoms with van der Waals surface area (Å²) < 4.78 is 0. The van der Waals surface area contributed by atoms with Gasteiger partial charge in [0.1, 0.15) is 0 Å². The number of carbonyl (C=O) groups excluding carboxylic acids is 1. The lowest BCUT2D eigenvalue weighted by atomic mass is 9.73. The first-order valence-electron chi connectivity index (χ1n) is 7.07. The lowest BCUT2D eigenvalue weighted by Gasteiger charge is -2.39. The number of anilines is 2. The Morgan fingerprint density at radius 2 is 2.11 bits per heavy atom.